The normalized spacial score (nSPS) is 15.6. The monoisotopic (exact) mass is 297 g/mol. The van der Waals surface area contributed by atoms with Crippen LogP contribution in [0.4, 0.5) is 0 Å². The molecule has 0 fully saturated rings. The first kappa shape index (κ1) is 18.2. The Hall–Kier alpha value is 0.210. The van der Waals surface area contributed by atoms with E-state index in [4.69, 9.17) is 4.74 Å². The molecule has 0 saturated heterocycles. The summed E-state index contributed by atoms with van der Waals surface area (Å²) in [5.74, 6) is -0.444. The summed E-state index contributed by atoms with van der Waals surface area (Å²) in [6.07, 6.45) is -0.844. The second kappa shape index (κ2) is 8.39. The molecular formula is C11H25NO4P2. The summed E-state index contributed by atoms with van der Waals surface area (Å²) in [5.41, 5.74) is -0.547. The summed E-state index contributed by atoms with van der Waals surface area (Å²) in [6, 6.07) is 0. The predicted molar refractivity (Wildman–Crippen MR) is 77.8 cm³/mol. The van der Waals surface area contributed by atoms with Gasteiger partial charge in [0.1, 0.15) is 5.60 Å². The van der Waals surface area contributed by atoms with Gasteiger partial charge in [-0.15, -0.1) is 0 Å². The lowest BCUT2D eigenvalue weighted by Gasteiger charge is -2.21. The first-order valence-electron chi connectivity index (χ1n) is 5.95. The maximum absolute atomic E-state index is 11.4. The molecule has 7 heteroatoms. The van der Waals surface area contributed by atoms with Crippen LogP contribution in [0, 0.1) is 0 Å². The summed E-state index contributed by atoms with van der Waals surface area (Å²) in [5, 5.41) is 19.3. The van der Waals surface area contributed by atoms with E-state index < -0.39 is 23.8 Å². The minimum atomic E-state index is -0.864. The molecule has 0 aromatic rings. The number of nitrogens with zero attached hydrogens (tertiary/aromatic N) is 1. The molecule has 0 spiro atoms. The molecule has 4 atom stereocenters. The highest BCUT2D eigenvalue weighted by molar-refractivity contribution is 7.30. The summed E-state index contributed by atoms with van der Waals surface area (Å²) in [7, 11) is 4.93. The zero-order chi connectivity index (χ0) is 14.3. The Balaban J connectivity index is 3.89. The summed E-state index contributed by atoms with van der Waals surface area (Å²) < 4.78 is 6.89. The van der Waals surface area contributed by atoms with E-state index in [0.717, 1.165) is 0 Å². The van der Waals surface area contributed by atoms with E-state index >= 15 is 0 Å². The molecule has 2 N–H and O–H groups in total. The molecule has 0 aliphatic carbocycles. The molecule has 0 rings (SSSR count). The molecule has 0 radical (unpaired) electrons. The van der Waals surface area contributed by atoms with Gasteiger partial charge in [0.05, 0.1) is 18.6 Å². The zero-order valence-corrected chi connectivity index (χ0v) is 13.6. The van der Waals surface area contributed by atoms with Crippen LogP contribution in [0.5, 0.6) is 0 Å². The van der Waals surface area contributed by atoms with E-state index in [1.807, 2.05) is 0 Å². The number of hydrogen-bond acceptors (Lipinski definition) is 5. The maximum atomic E-state index is 11.4. The van der Waals surface area contributed by atoms with Crippen LogP contribution in [0.3, 0.4) is 0 Å². The molecule has 0 aromatic heterocycles. The first-order chi connectivity index (χ1) is 8.10. The Labute approximate surface area is 114 Å². The van der Waals surface area contributed by atoms with Crippen LogP contribution in [0.15, 0.2) is 0 Å². The van der Waals surface area contributed by atoms with E-state index in [0.29, 0.717) is 13.0 Å². The fourth-order valence-electron chi connectivity index (χ4n) is 1.39. The van der Waals surface area contributed by atoms with Crippen LogP contribution in [-0.4, -0.2) is 45.0 Å². The lowest BCUT2D eigenvalue weighted by atomic mass is 10.1. The molecule has 0 amide bonds. The smallest absolute Gasteiger partial charge is 0.308 e. The number of esters is 1. The molecule has 0 aromatic carbocycles. The van der Waals surface area contributed by atoms with Gasteiger partial charge in [-0.05, 0) is 33.6 Å². The predicted octanol–water partition coefficient (Wildman–Crippen LogP) is 1.10. The molecule has 0 bridgehead atoms. The van der Waals surface area contributed by atoms with Crippen molar-refractivity contribution in [3.63, 3.8) is 0 Å². The van der Waals surface area contributed by atoms with E-state index in [9.17, 15) is 15.0 Å². The van der Waals surface area contributed by atoms with Gasteiger partial charge in [-0.2, -0.15) is 0 Å². The Morgan fingerprint density at radius 2 is 1.83 bits per heavy atom. The van der Waals surface area contributed by atoms with E-state index in [1.54, 1.807) is 25.2 Å². The van der Waals surface area contributed by atoms with Gasteiger partial charge in [0.15, 0.2) is 0 Å². The molecule has 5 nitrogen and oxygen atoms in total. The highest BCUT2D eigenvalue weighted by atomic mass is 31.1. The van der Waals surface area contributed by atoms with Crippen LogP contribution in [0.1, 0.15) is 40.0 Å². The van der Waals surface area contributed by atoms with Crippen LogP contribution in [0.2, 0.25) is 0 Å². The fourth-order valence-corrected chi connectivity index (χ4v) is 1.69. The summed E-state index contributed by atoms with van der Waals surface area (Å²) in [6.45, 7) is 6.01. The van der Waals surface area contributed by atoms with Gasteiger partial charge >= 0.3 is 5.97 Å². The number of aliphatic hydroxyl groups excluding tert-OH is 2. The Morgan fingerprint density at radius 1 is 1.28 bits per heavy atom. The average Bonchev–Trinajstić information content (AvgIpc) is 2.10. The van der Waals surface area contributed by atoms with Gasteiger partial charge in [-0.25, -0.2) is 0 Å². The lowest BCUT2D eigenvalue weighted by Crippen LogP contribution is -2.28. The molecule has 2 unspecified atom stereocenters. The van der Waals surface area contributed by atoms with Crippen LogP contribution in [0.25, 0.3) is 0 Å². The number of rotatable bonds is 7. The Kier molecular flexibility index (Phi) is 8.49. The van der Waals surface area contributed by atoms with E-state index in [1.165, 1.54) is 0 Å². The third kappa shape index (κ3) is 11.3. The van der Waals surface area contributed by atoms with Gasteiger partial charge in [-0.1, -0.05) is 18.8 Å². The van der Waals surface area contributed by atoms with Gasteiger partial charge in [0.25, 0.3) is 0 Å². The van der Waals surface area contributed by atoms with Crippen molar-refractivity contribution in [2.45, 2.75) is 57.8 Å². The standard InChI is InChI=1S/C11H25NO4P2/c1-11(2,3)16-10(15)7-9(14)6-8(13)4-5-12(17)18/h8-9,13-14H,4-7,17-18H2,1-3H3/t8-,9-/m1/s1. The minimum Gasteiger partial charge on any atom is -0.460 e. The maximum Gasteiger partial charge on any atom is 0.308 e. The molecule has 0 aliphatic rings. The fraction of sp³-hybridized carbons (Fsp3) is 0.909. The number of hydrogen-bond donors (Lipinski definition) is 2. The number of aliphatic hydroxyl groups is 2. The third-order valence-corrected chi connectivity index (χ3v) is 2.60. The van der Waals surface area contributed by atoms with Crippen molar-refractivity contribution < 1.29 is 19.7 Å². The Morgan fingerprint density at radius 3 is 2.28 bits per heavy atom. The third-order valence-electron chi connectivity index (χ3n) is 2.09. The zero-order valence-electron chi connectivity index (χ0n) is 11.3. The lowest BCUT2D eigenvalue weighted by molar-refractivity contribution is -0.157. The van der Waals surface area contributed by atoms with E-state index in [-0.39, 0.29) is 12.8 Å². The molecule has 18 heavy (non-hydrogen) atoms. The van der Waals surface area contributed by atoms with Gasteiger partial charge in [0, 0.05) is 6.54 Å². The Bertz CT molecular complexity index is 256. The molecular weight excluding hydrogens is 272 g/mol. The average molecular weight is 297 g/mol. The van der Waals surface area contributed by atoms with Gasteiger partial charge < -0.3 is 14.9 Å². The second-order valence-electron chi connectivity index (χ2n) is 5.36. The van der Waals surface area contributed by atoms with Gasteiger partial charge in [0.2, 0.25) is 0 Å². The van der Waals surface area contributed by atoms with Crippen molar-refractivity contribution in [1.29, 1.82) is 0 Å². The van der Waals surface area contributed by atoms with Crippen molar-refractivity contribution in [1.82, 2.24) is 4.44 Å². The largest absolute Gasteiger partial charge is 0.460 e. The number of ether oxygens (including phenoxy) is 1. The molecule has 0 heterocycles. The topological polar surface area (TPSA) is 70.0 Å². The molecule has 108 valence electrons. The molecule has 0 aliphatic heterocycles. The van der Waals surface area contributed by atoms with Crippen molar-refractivity contribution >= 4 is 24.8 Å². The van der Waals surface area contributed by atoms with Crippen LogP contribution < -0.4 is 0 Å². The SMILES string of the molecule is CC(C)(C)OC(=O)C[C@H](O)C[C@H](O)CCN(P)P. The number of carbonyl (C=O) groups excluding carboxylic acids is 1. The highest BCUT2D eigenvalue weighted by Crippen LogP contribution is 2.14. The summed E-state index contributed by atoms with van der Waals surface area (Å²) >= 11 is 0. The van der Waals surface area contributed by atoms with Crippen LogP contribution >= 0.6 is 18.8 Å². The van der Waals surface area contributed by atoms with Gasteiger partial charge in [-0.3, -0.25) is 9.24 Å². The van der Waals surface area contributed by atoms with Crippen molar-refractivity contribution in [3.8, 4) is 0 Å². The quantitative estimate of drug-likeness (QED) is 0.544. The van der Waals surface area contributed by atoms with Crippen molar-refractivity contribution in [2.75, 3.05) is 6.54 Å². The minimum absolute atomic E-state index is 0.0835. The molecule has 0 saturated carbocycles. The van der Waals surface area contributed by atoms with Crippen molar-refractivity contribution in [2.24, 2.45) is 0 Å². The van der Waals surface area contributed by atoms with Crippen LogP contribution in [-0.2, 0) is 9.53 Å². The highest BCUT2D eigenvalue weighted by Gasteiger charge is 2.21. The number of carbonyl (C=O) groups is 1. The summed E-state index contributed by atoms with van der Waals surface area (Å²) in [4.78, 5) is 11.4. The van der Waals surface area contributed by atoms with Crippen molar-refractivity contribution in [3.05, 3.63) is 0 Å². The second-order valence-corrected chi connectivity index (χ2v) is 7.28. The van der Waals surface area contributed by atoms with E-state index in [2.05, 4.69) is 18.8 Å². The first-order valence-corrected chi connectivity index (χ1v) is 6.98.